The summed E-state index contributed by atoms with van der Waals surface area (Å²) >= 11 is 3.50. The monoisotopic (exact) mass is 440 g/mol. The summed E-state index contributed by atoms with van der Waals surface area (Å²) in [5.41, 5.74) is 1.59. The Hall–Kier alpha value is -2.14. The predicted octanol–water partition coefficient (Wildman–Crippen LogP) is 3.83. The third-order valence-corrected chi connectivity index (χ3v) is 6.36. The Kier molecular flexibility index (Phi) is 5.54. The first-order valence-electron chi connectivity index (χ1n) is 9.98. The first-order valence-corrected chi connectivity index (χ1v) is 10.8. The molecule has 0 bridgehead atoms. The molecule has 2 amide bonds. The van der Waals surface area contributed by atoms with Gasteiger partial charge in [-0.05, 0) is 48.9 Å². The van der Waals surface area contributed by atoms with Crippen LogP contribution in [0.2, 0.25) is 0 Å². The van der Waals surface area contributed by atoms with Gasteiger partial charge in [0.05, 0.1) is 5.41 Å². The topological polar surface area (TPSA) is 49.4 Å². The molecule has 146 valence electrons. The lowest BCUT2D eigenvalue weighted by molar-refractivity contribution is -0.136. The van der Waals surface area contributed by atoms with Crippen molar-refractivity contribution >= 4 is 27.7 Å². The van der Waals surface area contributed by atoms with Gasteiger partial charge in [-0.2, -0.15) is 0 Å². The van der Waals surface area contributed by atoms with Crippen LogP contribution in [0.5, 0.6) is 0 Å². The molecule has 1 saturated carbocycles. The molecule has 4 rings (SSSR count). The summed E-state index contributed by atoms with van der Waals surface area (Å²) in [7, 11) is 0. The molecule has 2 aromatic rings. The van der Waals surface area contributed by atoms with Crippen LogP contribution in [-0.2, 0) is 21.4 Å². The summed E-state index contributed by atoms with van der Waals surface area (Å²) in [6.07, 6.45) is 4.26. The van der Waals surface area contributed by atoms with Crippen molar-refractivity contribution in [1.82, 2.24) is 10.2 Å². The van der Waals surface area contributed by atoms with E-state index in [2.05, 4.69) is 21.2 Å². The van der Waals surface area contributed by atoms with Gasteiger partial charge in [0, 0.05) is 24.0 Å². The van der Waals surface area contributed by atoms with E-state index < -0.39 is 11.5 Å². The molecular formula is C23H25BrN2O2. The van der Waals surface area contributed by atoms with E-state index in [1.54, 1.807) is 0 Å². The zero-order chi connectivity index (χ0) is 19.6. The fraction of sp³-hybridized carbons (Fsp3) is 0.391. The molecule has 5 heteroatoms. The Morgan fingerprint density at radius 2 is 1.75 bits per heavy atom. The third-order valence-electron chi connectivity index (χ3n) is 5.87. The number of amides is 2. The molecule has 1 heterocycles. The molecule has 1 N–H and O–H groups in total. The van der Waals surface area contributed by atoms with Gasteiger partial charge in [0.15, 0.2) is 0 Å². The van der Waals surface area contributed by atoms with Gasteiger partial charge < -0.3 is 10.2 Å². The highest BCUT2D eigenvalue weighted by molar-refractivity contribution is 9.10. The van der Waals surface area contributed by atoms with Crippen molar-refractivity contribution in [3.63, 3.8) is 0 Å². The normalized spacial score (nSPS) is 18.5. The molecule has 1 saturated heterocycles. The number of carbonyl (C=O) groups is 2. The lowest BCUT2D eigenvalue weighted by Crippen LogP contribution is -2.51. The highest BCUT2D eigenvalue weighted by atomic mass is 79.9. The number of benzene rings is 2. The summed E-state index contributed by atoms with van der Waals surface area (Å²) in [5.74, 6) is 0.0128. The SMILES string of the molecule is O=C(C(Cc1ccccc1)NC(=O)C1(c2cccc(Br)c2)CC1)N1CCCC1. The van der Waals surface area contributed by atoms with Crippen molar-refractivity contribution < 1.29 is 9.59 Å². The van der Waals surface area contributed by atoms with Crippen LogP contribution in [0.3, 0.4) is 0 Å². The standard InChI is InChI=1S/C23H25BrN2O2/c24-19-10-6-9-18(16-19)23(11-12-23)22(28)25-20(15-17-7-2-1-3-8-17)21(27)26-13-4-5-14-26/h1-3,6-10,16,20H,4-5,11-15H2,(H,25,28). The molecule has 28 heavy (non-hydrogen) atoms. The number of nitrogens with one attached hydrogen (secondary N) is 1. The van der Waals surface area contributed by atoms with Gasteiger partial charge in [-0.25, -0.2) is 0 Å². The Bertz CT molecular complexity index is 858. The van der Waals surface area contributed by atoms with E-state index in [9.17, 15) is 9.59 Å². The zero-order valence-electron chi connectivity index (χ0n) is 15.9. The minimum atomic E-state index is -0.516. The first kappa shape index (κ1) is 19.2. The van der Waals surface area contributed by atoms with E-state index in [0.717, 1.165) is 54.4 Å². The van der Waals surface area contributed by atoms with Gasteiger partial charge in [0.2, 0.25) is 11.8 Å². The maximum atomic E-state index is 13.3. The van der Waals surface area contributed by atoms with Gasteiger partial charge in [-0.3, -0.25) is 9.59 Å². The number of hydrogen-bond acceptors (Lipinski definition) is 2. The largest absolute Gasteiger partial charge is 0.343 e. The number of hydrogen-bond donors (Lipinski definition) is 1. The lowest BCUT2D eigenvalue weighted by Gasteiger charge is -2.26. The van der Waals surface area contributed by atoms with Crippen molar-refractivity contribution in [3.8, 4) is 0 Å². The van der Waals surface area contributed by atoms with E-state index in [-0.39, 0.29) is 11.8 Å². The number of nitrogens with zero attached hydrogens (tertiary/aromatic N) is 1. The molecule has 1 aliphatic carbocycles. The number of halogens is 1. The van der Waals surface area contributed by atoms with Gasteiger partial charge in [-0.15, -0.1) is 0 Å². The Balaban J connectivity index is 1.54. The molecular weight excluding hydrogens is 416 g/mol. The molecule has 2 aromatic carbocycles. The second-order valence-electron chi connectivity index (χ2n) is 7.84. The molecule has 0 spiro atoms. The first-order chi connectivity index (χ1) is 13.6. The van der Waals surface area contributed by atoms with E-state index in [4.69, 9.17) is 0 Å². The Morgan fingerprint density at radius 1 is 1.04 bits per heavy atom. The maximum Gasteiger partial charge on any atom is 0.245 e. The molecule has 0 radical (unpaired) electrons. The molecule has 2 fully saturated rings. The van der Waals surface area contributed by atoms with E-state index >= 15 is 0 Å². The van der Waals surface area contributed by atoms with E-state index in [1.165, 1.54) is 0 Å². The number of rotatable bonds is 6. The van der Waals surface area contributed by atoms with Gasteiger partial charge >= 0.3 is 0 Å². The second kappa shape index (κ2) is 8.08. The van der Waals surface area contributed by atoms with E-state index in [0.29, 0.717) is 6.42 Å². The van der Waals surface area contributed by atoms with Crippen LogP contribution >= 0.6 is 15.9 Å². The highest BCUT2D eigenvalue weighted by Crippen LogP contribution is 2.49. The van der Waals surface area contributed by atoms with E-state index in [1.807, 2.05) is 59.5 Å². The minimum Gasteiger partial charge on any atom is -0.343 e. The smallest absolute Gasteiger partial charge is 0.245 e. The molecule has 4 nitrogen and oxygen atoms in total. The predicted molar refractivity (Wildman–Crippen MR) is 113 cm³/mol. The van der Waals surface area contributed by atoms with Crippen molar-refractivity contribution in [3.05, 3.63) is 70.2 Å². The Labute approximate surface area is 174 Å². The van der Waals surface area contributed by atoms with Crippen molar-refractivity contribution in [2.45, 2.75) is 43.6 Å². The summed E-state index contributed by atoms with van der Waals surface area (Å²) in [4.78, 5) is 28.3. The fourth-order valence-electron chi connectivity index (χ4n) is 4.06. The molecule has 0 aromatic heterocycles. The average Bonchev–Trinajstić information content (AvgIpc) is 3.35. The van der Waals surface area contributed by atoms with Gasteiger partial charge in [-0.1, -0.05) is 58.4 Å². The summed E-state index contributed by atoms with van der Waals surface area (Å²) in [6.45, 7) is 1.58. The van der Waals surface area contributed by atoms with Crippen molar-refractivity contribution in [2.75, 3.05) is 13.1 Å². The van der Waals surface area contributed by atoms with Crippen molar-refractivity contribution in [2.24, 2.45) is 0 Å². The van der Waals surface area contributed by atoms with Crippen LogP contribution in [0.4, 0.5) is 0 Å². The third kappa shape index (κ3) is 4.00. The highest BCUT2D eigenvalue weighted by Gasteiger charge is 2.52. The maximum absolute atomic E-state index is 13.3. The van der Waals surface area contributed by atoms with Crippen LogP contribution < -0.4 is 5.32 Å². The zero-order valence-corrected chi connectivity index (χ0v) is 17.5. The van der Waals surface area contributed by atoms with Crippen LogP contribution in [0.1, 0.15) is 36.8 Å². The van der Waals surface area contributed by atoms with Crippen LogP contribution in [-0.4, -0.2) is 35.8 Å². The number of likely N-dealkylation sites (tertiary alicyclic amines) is 1. The number of carbonyl (C=O) groups excluding carboxylic acids is 2. The second-order valence-corrected chi connectivity index (χ2v) is 8.76. The summed E-state index contributed by atoms with van der Waals surface area (Å²) < 4.78 is 0.970. The van der Waals surface area contributed by atoms with Crippen LogP contribution in [0.15, 0.2) is 59.1 Å². The van der Waals surface area contributed by atoms with Gasteiger partial charge in [0.25, 0.3) is 0 Å². The average molecular weight is 441 g/mol. The Morgan fingerprint density at radius 3 is 2.39 bits per heavy atom. The molecule has 2 aliphatic rings. The van der Waals surface area contributed by atoms with Gasteiger partial charge in [0.1, 0.15) is 6.04 Å². The quantitative estimate of drug-likeness (QED) is 0.741. The van der Waals surface area contributed by atoms with Crippen LogP contribution in [0.25, 0.3) is 0 Å². The summed E-state index contributed by atoms with van der Waals surface area (Å²) in [5, 5.41) is 3.12. The van der Waals surface area contributed by atoms with Crippen molar-refractivity contribution in [1.29, 1.82) is 0 Å². The molecule has 1 unspecified atom stereocenters. The summed E-state index contributed by atoms with van der Waals surface area (Å²) in [6, 6.07) is 17.4. The molecule has 1 atom stereocenters. The lowest BCUT2D eigenvalue weighted by atomic mass is 9.94. The van der Waals surface area contributed by atoms with Crippen LogP contribution in [0, 0.1) is 0 Å². The molecule has 1 aliphatic heterocycles. The minimum absolute atomic E-state index is 0.0286. The fourth-order valence-corrected chi connectivity index (χ4v) is 4.46.